The molecular formula is C22H20F4N4O3. The molecule has 0 spiro atoms. The number of aromatic nitrogens is 2. The van der Waals surface area contributed by atoms with Crippen LogP contribution >= 0.6 is 0 Å². The van der Waals surface area contributed by atoms with Crippen LogP contribution in [0.4, 0.5) is 17.6 Å². The second kappa shape index (κ2) is 8.72. The fourth-order valence-electron chi connectivity index (χ4n) is 4.19. The number of amides is 2. The fraction of sp³-hybridized carbons (Fsp3) is 0.318. The number of ether oxygens (including phenoxy) is 1. The van der Waals surface area contributed by atoms with E-state index in [-0.39, 0.29) is 17.0 Å². The number of benzene rings is 1. The van der Waals surface area contributed by atoms with E-state index in [1.54, 1.807) is 12.3 Å². The highest BCUT2D eigenvalue weighted by molar-refractivity contribution is 6.07. The molecule has 1 saturated heterocycles. The number of halogens is 4. The minimum absolute atomic E-state index is 0.0366. The predicted molar refractivity (Wildman–Crippen MR) is 110 cm³/mol. The van der Waals surface area contributed by atoms with Gasteiger partial charge >= 0.3 is 6.36 Å². The largest absolute Gasteiger partial charge is 0.573 e. The number of hydrogen-bond acceptors (Lipinski definition) is 4. The molecule has 1 aliphatic heterocycles. The molecule has 0 bridgehead atoms. The van der Waals surface area contributed by atoms with Crippen LogP contribution < -0.4 is 10.1 Å². The van der Waals surface area contributed by atoms with Crippen molar-refractivity contribution in [3.8, 4) is 5.75 Å². The third-order valence-corrected chi connectivity index (χ3v) is 5.70. The number of nitrogens with one attached hydrogen (secondary N) is 2. The first-order valence-electron chi connectivity index (χ1n) is 10.2. The number of alkyl halides is 3. The number of carbonyl (C=O) groups excluding carboxylic acids is 2. The average Bonchev–Trinajstić information content (AvgIpc) is 3.26. The molecule has 0 radical (unpaired) electrons. The Morgan fingerprint density at radius 1 is 1.18 bits per heavy atom. The Kier molecular flexibility index (Phi) is 5.96. The number of rotatable bonds is 4. The Hall–Kier alpha value is -3.63. The minimum atomic E-state index is -4.93. The van der Waals surface area contributed by atoms with Crippen LogP contribution in [0.5, 0.6) is 5.75 Å². The first kappa shape index (κ1) is 22.6. The molecule has 1 aromatic carbocycles. The molecule has 33 heavy (non-hydrogen) atoms. The zero-order chi connectivity index (χ0) is 23.8. The molecule has 2 amide bonds. The molecule has 1 fully saturated rings. The van der Waals surface area contributed by atoms with E-state index in [2.05, 4.69) is 20.0 Å². The molecule has 0 unspecified atom stereocenters. The Labute approximate surface area is 185 Å². The normalized spacial score (nSPS) is 15.0. The molecule has 174 valence electrons. The van der Waals surface area contributed by atoms with Gasteiger partial charge in [-0.2, -0.15) is 0 Å². The monoisotopic (exact) mass is 464 g/mol. The molecule has 4 rings (SSSR count). The summed E-state index contributed by atoms with van der Waals surface area (Å²) in [7, 11) is 1.31. The van der Waals surface area contributed by atoms with Crippen molar-refractivity contribution in [1.82, 2.24) is 20.2 Å². The van der Waals surface area contributed by atoms with Crippen molar-refractivity contribution in [2.45, 2.75) is 25.1 Å². The highest BCUT2D eigenvalue weighted by Gasteiger charge is 2.33. The molecule has 11 heteroatoms. The standard InChI is InChI=1S/C22H20F4N4O3/c1-27-20(31)16-10-13(33-22(24,25)26)2-3-14(16)21(32)30-8-5-12(6-9-30)18-15-4-7-28-19(15)29-11-17(18)23/h2-4,7,10-12H,5-6,8-9H2,1H3,(H,27,31)(H,28,29). The van der Waals surface area contributed by atoms with Gasteiger partial charge in [0, 0.05) is 37.3 Å². The lowest BCUT2D eigenvalue weighted by molar-refractivity contribution is -0.274. The lowest BCUT2D eigenvalue weighted by Gasteiger charge is -2.33. The van der Waals surface area contributed by atoms with Crippen LogP contribution in [0.3, 0.4) is 0 Å². The number of hydrogen-bond donors (Lipinski definition) is 2. The second-order valence-electron chi connectivity index (χ2n) is 7.66. The fourth-order valence-corrected chi connectivity index (χ4v) is 4.19. The Balaban J connectivity index is 1.54. The summed E-state index contributed by atoms with van der Waals surface area (Å²) in [4.78, 5) is 33.8. The van der Waals surface area contributed by atoms with Crippen molar-refractivity contribution in [3.63, 3.8) is 0 Å². The maximum absolute atomic E-state index is 14.5. The Morgan fingerprint density at radius 3 is 2.58 bits per heavy atom. The van der Waals surface area contributed by atoms with Crippen LogP contribution in [0.1, 0.15) is 45.0 Å². The average molecular weight is 464 g/mol. The van der Waals surface area contributed by atoms with Crippen LogP contribution in [0, 0.1) is 5.82 Å². The van der Waals surface area contributed by atoms with E-state index < -0.39 is 29.7 Å². The summed E-state index contributed by atoms with van der Waals surface area (Å²) >= 11 is 0. The summed E-state index contributed by atoms with van der Waals surface area (Å²) in [6.07, 6.45) is -1.10. The third kappa shape index (κ3) is 4.62. The highest BCUT2D eigenvalue weighted by atomic mass is 19.4. The zero-order valence-corrected chi connectivity index (χ0v) is 17.5. The van der Waals surface area contributed by atoms with E-state index in [0.29, 0.717) is 42.5 Å². The Bertz CT molecular complexity index is 1200. The molecule has 0 aliphatic carbocycles. The van der Waals surface area contributed by atoms with Gasteiger partial charge in [0.15, 0.2) is 0 Å². The maximum Gasteiger partial charge on any atom is 0.573 e. The van der Waals surface area contributed by atoms with Gasteiger partial charge in [-0.3, -0.25) is 9.59 Å². The van der Waals surface area contributed by atoms with Crippen molar-refractivity contribution in [2.24, 2.45) is 0 Å². The molecule has 2 aromatic heterocycles. The number of pyridine rings is 1. The summed E-state index contributed by atoms with van der Waals surface area (Å²) in [5.74, 6) is -2.34. The summed E-state index contributed by atoms with van der Waals surface area (Å²) in [6.45, 7) is 0.594. The highest BCUT2D eigenvalue weighted by Crippen LogP contribution is 2.35. The molecular weight excluding hydrogens is 444 g/mol. The lowest BCUT2D eigenvalue weighted by Crippen LogP contribution is -2.39. The van der Waals surface area contributed by atoms with Gasteiger partial charge in [0.1, 0.15) is 17.2 Å². The number of carbonyl (C=O) groups is 2. The van der Waals surface area contributed by atoms with Gasteiger partial charge in [0.25, 0.3) is 11.8 Å². The maximum atomic E-state index is 14.5. The summed E-state index contributed by atoms with van der Waals surface area (Å²) in [5.41, 5.74) is 0.875. The Morgan fingerprint density at radius 2 is 1.91 bits per heavy atom. The lowest BCUT2D eigenvalue weighted by atomic mass is 9.87. The summed E-state index contributed by atoms with van der Waals surface area (Å²) < 4.78 is 56.1. The first-order valence-corrected chi connectivity index (χ1v) is 10.2. The van der Waals surface area contributed by atoms with E-state index in [9.17, 15) is 27.2 Å². The van der Waals surface area contributed by atoms with E-state index >= 15 is 0 Å². The number of fused-ring (bicyclic) bond motifs is 1. The van der Waals surface area contributed by atoms with Crippen molar-refractivity contribution in [3.05, 3.63) is 59.2 Å². The zero-order valence-electron chi connectivity index (χ0n) is 17.5. The van der Waals surface area contributed by atoms with Gasteiger partial charge in [-0.05, 0) is 43.0 Å². The number of aromatic amines is 1. The molecule has 7 nitrogen and oxygen atoms in total. The van der Waals surface area contributed by atoms with Crippen LogP contribution in [-0.4, -0.2) is 53.2 Å². The van der Waals surface area contributed by atoms with Gasteiger partial charge < -0.3 is 19.9 Å². The summed E-state index contributed by atoms with van der Waals surface area (Å²) in [5, 5.41) is 3.02. The number of H-pyrrole nitrogens is 1. The van der Waals surface area contributed by atoms with Crippen LogP contribution in [0.25, 0.3) is 11.0 Å². The van der Waals surface area contributed by atoms with Crippen LogP contribution in [-0.2, 0) is 0 Å². The van der Waals surface area contributed by atoms with E-state index in [4.69, 9.17) is 0 Å². The second-order valence-corrected chi connectivity index (χ2v) is 7.66. The van der Waals surface area contributed by atoms with E-state index in [1.165, 1.54) is 18.1 Å². The number of nitrogens with zero attached hydrogens (tertiary/aromatic N) is 2. The number of piperidine rings is 1. The van der Waals surface area contributed by atoms with Crippen molar-refractivity contribution < 1.29 is 31.9 Å². The van der Waals surface area contributed by atoms with Gasteiger partial charge in [0.05, 0.1) is 17.3 Å². The quantitative estimate of drug-likeness (QED) is 0.572. The van der Waals surface area contributed by atoms with Gasteiger partial charge in [-0.15, -0.1) is 13.2 Å². The van der Waals surface area contributed by atoms with Crippen LogP contribution in [0.2, 0.25) is 0 Å². The van der Waals surface area contributed by atoms with Crippen molar-refractivity contribution in [2.75, 3.05) is 20.1 Å². The van der Waals surface area contributed by atoms with E-state index in [0.717, 1.165) is 18.2 Å². The molecule has 1 aliphatic rings. The number of likely N-dealkylation sites (tertiary alicyclic amines) is 1. The first-order chi connectivity index (χ1) is 15.7. The predicted octanol–water partition coefficient (Wildman–Crippen LogP) is 3.98. The van der Waals surface area contributed by atoms with Crippen molar-refractivity contribution >= 4 is 22.8 Å². The molecule has 3 heterocycles. The smallest absolute Gasteiger partial charge is 0.406 e. The molecule has 0 atom stereocenters. The topological polar surface area (TPSA) is 87.3 Å². The van der Waals surface area contributed by atoms with Crippen molar-refractivity contribution in [1.29, 1.82) is 0 Å². The van der Waals surface area contributed by atoms with Gasteiger partial charge in [-0.25, -0.2) is 9.37 Å². The van der Waals surface area contributed by atoms with Crippen LogP contribution in [0.15, 0.2) is 36.7 Å². The van der Waals surface area contributed by atoms with Gasteiger partial charge in [0.2, 0.25) is 0 Å². The SMILES string of the molecule is CNC(=O)c1cc(OC(F)(F)F)ccc1C(=O)N1CCC(c2c(F)cnc3[nH]ccc23)CC1. The minimum Gasteiger partial charge on any atom is -0.406 e. The van der Waals surface area contributed by atoms with Gasteiger partial charge in [-0.1, -0.05) is 0 Å². The molecule has 3 aromatic rings. The van der Waals surface area contributed by atoms with E-state index in [1.807, 2.05) is 0 Å². The molecule has 2 N–H and O–H groups in total. The molecule has 0 saturated carbocycles. The summed E-state index contributed by atoms with van der Waals surface area (Å²) in [6, 6.07) is 4.79. The third-order valence-electron chi connectivity index (χ3n) is 5.70.